The van der Waals surface area contributed by atoms with E-state index in [-0.39, 0.29) is 5.97 Å². The van der Waals surface area contributed by atoms with Gasteiger partial charge in [0, 0.05) is 0 Å². The van der Waals surface area contributed by atoms with Crippen LogP contribution in [0.4, 0.5) is 0 Å². The molecule has 0 saturated heterocycles. The van der Waals surface area contributed by atoms with Crippen molar-refractivity contribution in [2.24, 2.45) is 0 Å². The van der Waals surface area contributed by atoms with E-state index >= 15 is 0 Å². The number of esters is 1. The Labute approximate surface area is 107 Å². The topological polar surface area (TPSA) is 26.3 Å². The Hall–Kier alpha value is -2.09. The Morgan fingerprint density at radius 2 is 1.78 bits per heavy atom. The second-order valence-electron chi connectivity index (χ2n) is 4.12. The number of ether oxygens (including phenoxy) is 1. The number of methoxy groups -OCH3 is 1. The van der Waals surface area contributed by atoms with E-state index in [4.69, 9.17) is 0 Å². The molecule has 2 heteroatoms. The number of carbonyl (C=O) groups excluding carboxylic acids is 1. The van der Waals surface area contributed by atoms with Crippen molar-refractivity contribution in [3.63, 3.8) is 0 Å². The second kappa shape index (κ2) is 5.50. The van der Waals surface area contributed by atoms with Crippen LogP contribution >= 0.6 is 0 Å². The monoisotopic (exact) mass is 240 g/mol. The smallest absolute Gasteiger partial charge is 0.337 e. The van der Waals surface area contributed by atoms with Crippen molar-refractivity contribution in [2.75, 3.05) is 7.11 Å². The molecule has 0 unspecified atom stereocenters. The second-order valence-corrected chi connectivity index (χ2v) is 4.12. The third kappa shape index (κ3) is 2.59. The predicted molar refractivity (Wildman–Crippen MR) is 72.6 cm³/mol. The summed E-state index contributed by atoms with van der Waals surface area (Å²) in [7, 11) is 1.39. The number of benzene rings is 2. The Bertz CT molecular complexity index is 541. The molecule has 0 amide bonds. The molecule has 0 N–H and O–H groups in total. The van der Waals surface area contributed by atoms with Crippen molar-refractivity contribution in [3.05, 3.63) is 59.7 Å². The normalized spacial score (nSPS) is 10.1. The average molecular weight is 240 g/mol. The molecule has 0 aliphatic heterocycles. The SMILES string of the molecule is CCc1cccc(-c2ccc(C(=O)OC)cc2)c1. The Balaban J connectivity index is 2.31. The molecule has 0 fully saturated rings. The maximum atomic E-state index is 11.3. The van der Waals surface area contributed by atoms with Crippen LogP contribution in [0, 0.1) is 0 Å². The molecule has 0 saturated carbocycles. The van der Waals surface area contributed by atoms with Crippen LogP contribution in [0.15, 0.2) is 48.5 Å². The highest BCUT2D eigenvalue weighted by molar-refractivity contribution is 5.89. The van der Waals surface area contributed by atoms with Crippen molar-refractivity contribution in [1.29, 1.82) is 0 Å². The van der Waals surface area contributed by atoms with Gasteiger partial charge in [-0.05, 0) is 35.2 Å². The fourth-order valence-corrected chi connectivity index (χ4v) is 1.89. The fourth-order valence-electron chi connectivity index (χ4n) is 1.89. The Morgan fingerprint density at radius 3 is 2.39 bits per heavy atom. The Morgan fingerprint density at radius 1 is 1.06 bits per heavy atom. The third-order valence-electron chi connectivity index (χ3n) is 2.97. The first kappa shape index (κ1) is 12.4. The molecule has 2 nitrogen and oxygen atoms in total. The lowest BCUT2D eigenvalue weighted by molar-refractivity contribution is 0.0601. The van der Waals surface area contributed by atoms with Crippen LogP contribution < -0.4 is 0 Å². The highest BCUT2D eigenvalue weighted by atomic mass is 16.5. The van der Waals surface area contributed by atoms with E-state index in [1.54, 1.807) is 12.1 Å². The zero-order valence-corrected chi connectivity index (χ0v) is 10.6. The first-order chi connectivity index (χ1) is 8.74. The van der Waals surface area contributed by atoms with Gasteiger partial charge < -0.3 is 4.74 Å². The molecule has 2 aromatic rings. The lowest BCUT2D eigenvalue weighted by Crippen LogP contribution is -2.00. The molecule has 0 aromatic heterocycles. The van der Waals surface area contributed by atoms with E-state index in [0.29, 0.717) is 5.56 Å². The van der Waals surface area contributed by atoms with Gasteiger partial charge in [-0.2, -0.15) is 0 Å². The van der Waals surface area contributed by atoms with Crippen molar-refractivity contribution < 1.29 is 9.53 Å². The number of rotatable bonds is 3. The van der Waals surface area contributed by atoms with Gasteiger partial charge in [0.15, 0.2) is 0 Å². The molecular formula is C16H16O2. The molecule has 18 heavy (non-hydrogen) atoms. The lowest BCUT2D eigenvalue weighted by atomic mass is 10.0. The molecule has 0 atom stereocenters. The number of aryl methyl sites for hydroxylation is 1. The highest BCUT2D eigenvalue weighted by Gasteiger charge is 2.05. The highest BCUT2D eigenvalue weighted by Crippen LogP contribution is 2.21. The van der Waals surface area contributed by atoms with E-state index < -0.39 is 0 Å². The van der Waals surface area contributed by atoms with Crippen LogP contribution in [0.3, 0.4) is 0 Å². The van der Waals surface area contributed by atoms with Gasteiger partial charge in [-0.15, -0.1) is 0 Å². The maximum absolute atomic E-state index is 11.3. The lowest BCUT2D eigenvalue weighted by Gasteiger charge is -2.05. The van der Waals surface area contributed by atoms with Crippen molar-refractivity contribution >= 4 is 5.97 Å². The first-order valence-electron chi connectivity index (χ1n) is 6.02. The van der Waals surface area contributed by atoms with Crippen molar-refractivity contribution in [2.45, 2.75) is 13.3 Å². The number of hydrogen-bond acceptors (Lipinski definition) is 2. The third-order valence-corrected chi connectivity index (χ3v) is 2.97. The van der Waals surface area contributed by atoms with E-state index in [1.165, 1.54) is 18.2 Å². The van der Waals surface area contributed by atoms with Gasteiger partial charge in [-0.25, -0.2) is 4.79 Å². The van der Waals surface area contributed by atoms with Crippen molar-refractivity contribution in [1.82, 2.24) is 0 Å². The predicted octanol–water partition coefficient (Wildman–Crippen LogP) is 3.70. The van der Waals surface area contributed by atoms with Gasteiger partial charge in [0.2, 0.25) is 0 Å². The van der Waals surface area contributed by atoms with Crippen LogP contribution in [0.25, 0.3) is 11.1 Å². The van der Waals surface area contributed by atoms with Crippen LogP contribution in [0.1, 0.15) is 22.8 Å². The summed E-state index contributed by atoms with van der Waals surface area (Å²) in [5, 5.41) is 0. The zero-order chi connectivity index (χ0) is 13.0. The van der Waals surface area contributed by atoms with Gasteiger partial charge in [0.1, 0.15) is 0 Å². The quantitative estimate of drug-likeness (QED) is 0.764. The standard InChI is InChI=1S/C16H16O2/c1-3-12-5-4-6-15(11-12)13-7-9-14(10-8-13)16(17)18-2/h4-11H,3H2,1-2H3. The van der Waals surface area contributed by atoms with Gasteiger partial charge in [0.05, 0.1) is 12.7 Å². The van der Waals surface area contributed by atoms with Gasteiger partial charge in [-0.3, -0.25) is 0 Å². The largest absolute Gasteiger partial charge is 0.465 e. The molecule has 0 spiro atoms. The molecule has 92 valence electrons. The molecule has 2 rings (SSSR count). The van der Waals surface area contributed by atoms with Crippen LogP contribution in [0.5, 0.6) is 0 Å². The van der Waals surface area contributed by atoms with Crippen molar-refractivity contribution in [3.8, 4) is 11.1 Å². The summed E-state index contributed by atoms with van der Waals surface area (Å²) in [5.41, 5.74) is 4.17. The minimum absolute atomic E-state index is 0.302. The number of carbonyl (C=O) groups is 1. The van der Waals surface area contributed by atoms with Gasteiger partial charge in [-0.1, -0.05) is 43.3 Å². The molecular weight excluding hydrogens is 224 g/mol. The molecule has 2 aromatic carbocycles. The molecule has 0 aliphatic carbocycles. The fraction of sp³-hybridized carbons (Fsp3) is 0.188. The van der Waals surface area contributed by atoms with E-state index in [2.05, 4.69) is 35.9 Å². The van der Waals surface area contributed by atoms with E-state index in [9.17, 15) is 4.79 Å². The summed E-state index contributed by atoms with van der Waals surface area (Å²) >= 11 is 0. The summed E-state index contributed by atoms with van der Waals surface area (Å²) < 4.78 is 4.68. The van der Waals surface area contributed by atoms with Crippen LogP contribution in [-0.2, 0) is 11.2 Å². The summed E-state index contributed by atoms with van der Waals surface area (Å²) in [5.74, 6) is -0.302. The first-order valence-corrected chi connectivity index (χ1v) is 6.02. The molecule has 0 bridgehead atoms. The molecule has 0 heterocycles. The summed E-state index contributed by atoms with van der Waals surface area (Å²) in [4.78, 5) is 11.3. The zero-order valence-electron chi connectivity index (χ0n) is 10.6. The van der Waals surface area contributed by atoms with E-state index in [0.717, 1.165) is 12.0 Å². The number of hydrogen-bond donors (Lipinski definition) is 0. The van der Waals surface area contributed by atoms with Gasteiger partial charge >= 0.3 is 5.97 Å². The van der Waals surface area contributed by atoms with Crippen LogP contribution in [-0.4, -0.2) is 13.1 Å². The van der Waals surface area contributed by atoms with E-state index in [1.807, 2.05) is 12.1 Å². The molecule has 0 radical (unpaired) electrons. The van der Waals surface area contributed by atoms with Gasteiger partial charge in [0.25, 0.3) is 0 Å². The van der Waals surface area contributed by atoms with Crippen LogP contribution in [0.2, 0.25) is 0 Å². The molecule has 0 aliphatic rings. The average Bonchev–Trinajstić information content (AvgIpc) is 2.46. The Kier molecular flexibility index (Phi) is 3.78. The summed E-state index contributed by atoms with van der Waals surface area (Å²) in [6.07, 6.45) is 1.02. The minimum Gasteiger partial charge on any atom is -0.465 e. The summed E-state index contributed by atoms with van der Waals surface area (Å²) in [6, 6.07) is 15.9. The minimum atomic E-state index is -0.302. The maximum Gasteiger partial charge on any atom is 0.337 e. The summed E-state index contributed by atoms with van der Waals surface area (Å²) in [6.45, 7) is 2.14.